The molecule has 7 nitrogen and oxygen atoms in total. The van der Waals surface area contributed by atoms with Crippen LogP contribution in [-0.2, 0) is 4.79 Å². The Bertz CT molecular complexity index is 996. The van der Waals surface area contributed by atoms with Crippen LogP contribution >= 0.6 is 0 Å². The number of piperidine rings is 1. The van der Waals surface area contributed by atoms with Crippen molar-refractivity contribution in [1.29, 1.82) is 0 Å². The molecule has 0 unspecified atom stereocenters. The van der Waals surface area contributed by atoms with E-state index in [2.05, 4.69) is 29.4 Å². The lowest BCUT2D eigenvalue weighted by Crippen LogP contribution is -2.46. The summed E-state index contributed by atoms with van der Waals surface area (Å²) in [6.07, 6.45) is 1.26. The highest BCUT2D eigenvalue weighted by Gasteiger charge is 2.30. The lowest BCUT2D eigenvalue weighted by Gasteiger charge is -2.33. The van der Waals surface area contributed by atoms with E-state index >= 15 is 0 Å². The fourth-order valence-electron chi connectivity index (χ4n) is 4.46. The van der Waals surface area contributed by atoms with Gasteiger partial charge in [-0.2, -0.15) is 0 Å². The summed E-state index contributed by atoms with van der Waals surface area (Å²) in [5.74, 6) is -0.412. The highest BCUT2D eigenvalue weighted by atomic mass is 16.2. The fraction of sp³-hybridized carbons (Fsp3) is 0.444. The molecule has 1 heterocycles. The molecular formula is C27H36N4O3. The number of likely N-dealkylation sites (tertiary alicyclic amines) is 1. The number of hydrogen-bond acceptors (Lipinski definition) is 4. The van der Waals surface area contributed by atoms with Crippen molar-refractivity contribution >= 4 is 23.4 Å². The minimum absolute atomic E-state index is 0.0102. The quantitative estimate of drug-likeness (QED) is 0.627. The first-order valence-corrected chi connectivity index (χ1v) is 11.8. The number of carbonyl (C=O) groups is 3. The predicted octanol–water partition coefficient (Wildman–Crippen LogP) is 3.50. The molecular weight excluding hydrogens is 428 g/mol. The Balaban J connectivity index is 1.56. The van der Waals surface area contributed by atoms with Gasteiger partial charge < -0.3 is 20.4 Å². The van der Waals surface area contributed by atoms with E-state index in [1.54, 1.807) is 53.4 Å². The first-order valence-electron chi connectivity index (χ1n) is 11.8. The van der Waals surface area contributed by atoms with Crippen molar-refractivity contribution < 1.29 is 14.4 Å². The van der Waals surface area contributed by atoms with Gasteiger partial charge in [-0.05, 0) is 56.6 Å². The number of para-hydroxylation sites is 1. The van der Waals surface area contributed by atoms with Gasteiger partial charge in [0.15, 0.2) is 0 Å². The molecule has 1 aliphatic heterocycles. The molecule has 34 heavy (non-hydrogen) atoms. The standard InChI is InChI=1S/C27H36N4O3/c1-27(2,19-30(3)4)18-28-24(32)21-14-16-31(17-15-21)26(34)22-12-8-9-13-23(22)29-25(33)20-10-6-5-7-11-20/h5-13,21H,14-19H2,1-4H3,(H,28,32)(H,29,33). The molecule has 2 aromatic carbocycles. The van der Waals surface area contributed by atoms with Gasteiger partial charge >= 0.3 is 0 Å². The molecule has 0 aliphatic carbocycles. The lowest BCUT2D eigenvalue weighted by molar-refractivity contribution is -0.126. The molecule has 1 saturated heterocycles. The maximum absolute atomic E-state index is 13.2. The monoisotopic (exact) mass is 464 g/mol. The van der Waals surface area contributed by atoms with Crippen molar-refractivity contribution in [2.75, 3.05) is 45.6 Å². The third-order valence-corrected chi connectivity index (χ3v) is 6.08. The minimum atomic E-state index is -0.256. The third-order valence-electron chi connectivity index (χ3n) is 6.08. The van der Waals surface area contributed by atoms with Crippen LogP contribution < -0.4 is 10.6 Å². The smallest absolute Gasteiger partial charge is 0.255 e. The number of anilines is 1. The summed E-state index contributed by atoms with van der Waals surface area (Å²) in [4.78, 5) is 42.4. The zero-order chi connectivity index (χ0) is 24.7. The van der Waals surface area contributed by atoms with Gasteiger partial charge in [-0.25, -0.2) is 0 Å². The maximum Gasteiger partial charge on any atom is 0.255 e. The Labute approximate surface area is 202 Å². The summed E-state index contributed by atoms with van der Waals surface area (Å²) in [7, 11) is 4.06. The molecule has 0 spiro atoms. The number of carbonyl (C=O) groups excluding carboxylic acids is 3. The normalized spacial score (nSPS) is 14.7. The molecule has 182 valence electrons. The molecule has 1 fully saturated rings. The first kappa shape index (κ1) is 25.4. The molecule has 0 aromatic heterocycles. The van der Waals surface area contributed by atoms with Crippen LogP contribution in [0.3, 0.4) is 0 Å². The topological polar surface area (TPSA) is 81.8 Å². The summed E-state index contributed by atoms with van der Waals surface area (Å²) in [6.45, 7) is 6.82. The van der Waals surface area contributed by atoms with Crippen molar-refractivity contribution in [3.8, 4) is 0 Å². The van der Waals surface area contributed by atoms with E-state index in [0.717, 1.165) is 6.54 Å². The van der Waals surface area contributed by atoms with Gasteiger partial charge in [0, 0.05) is 37.7 Å². The molecule has 3 amide bonds. The van der Waals surface area contributed by atoms with E-state index in [9.17, 15) is 14.4 Å². The first-order chi connectivity index (χ1) is 16.2. The number of benzene rings is 2. The average molecular weight is 465 g/mol. The molecule has 1 aliphatic rings. The van der Waals surface area contributed by atoms with Gasteiger partial charge in [-0.1, -0.05) is 44.2 Å². The molecule has 0 atom stereocenters. The second kappa shape index (κ2) is 11.3. The molecule has 0 bridgehead atoms. The second-order valence-corrected chi connectivity index (χ2v) is 10.1. The highest BCUT2D eigenvalue weighted by Crippen LogP contribution is 2.24. The number of rotatable bonds is 8. The number of nitrogens with zero attached hydrogens (tertiary/aromatic N) is 2. The zero-order valence-electron chi connectivity index (χ0n) is 20.6. The van der Waals surface area contributed by atoms with Gasteiger partial charge in [0.05, 0.1) is 11.3 Å². The van der Waals surface area contributed by atoms with Crippen LogP contribution in [0.1, 0.15) is 47.4 Å². The van der Waals surface area contributed by atoms with Gasteiger partial charge in [-0.15, -0.1) is 0 Å². The molecule has 7 heteroatoms. The Morgan fingerprint density at radius 1 is 0.971 bits per heavy atom. The summed E-state index contributed by atoms with van der Waals surface area (Å²) in [5, 5.41) is 5.97. The molecule has 3 rings (SSSR count). The van der Waals surface area contributed by atoms with Crippen LogP contribution in [-0.4, -0.2) is 67.8 Å². The zero-order valence-corrected chi connectivity index (χ0v) is 20.6. The second-order valence-electron chi connectivity index (χ2n) is 10.1. The van der Waals surface area contributed by atoms with Crippen molar-refractivity contribution in [3.05, 3.63) is 65.7 Å². The maximum atomic E-state index is 13.2. The van der Waals surface area contributed by atoms with Gasteiger partial charge in [0.2, 0.25) is 5.91 Å². The Morgan fingerprint density at radius 3 is 2.24 bits per heavy atom. The Hall–Kier alpha value is -3.19. The SMILES string of the molecule is CN(C)CC(C)(C)CNC(=O)C1CCN(C(=O)c2ccccc2NC(=O)c2ccccc2)CC1. The molecule has 0 radical (unpaired) electrons. The highest BCUT2D eigenvalue weighted by molar-refractivity contribution is 6.09. The molecule has 0 saturated carbocycles. The number of nitrogens with one attached hydrogen (secondary N) is 2. The molecule has 2 N–H and O–H groups in total. The van der Waals surface area contributed by atoms with Crippen LogP contribution in [0.5, 0.6) is 0 Å². The van der Waals surface area contributed by atoms with Crippen molar-refractivity contribution in [3.63, 3.8) is 0 Å². The summed E-state index contributed by atoms with van der Waals surface area (Å²) >= 11 is 0. The largest absolute Gasteiger partial charge is 0.355 e. The summed E-state index contributed by atoms with van der Waals surface area (Å²) in [5.41, 5.74) is 1.47. The van der Waals surface area contributed by atoms with E-state index in [4.69, 9.17) is 0 Å². The van der Waals surface area contributed by atoms with E-state index < -0.39 is 0 Å². The third kappa shape index (κ3) is 6.90. The lowest BCUT2D eigenvalue weighted by atomic mass is 9.91. The van der Waals surface area contributed by atoms with E-state index in [1.807, 2.05) is 20.2 Å². The number of amides is 3. The van der Waals surface area contributed by atoms with Crippen molar-refractivity contribution in [2.45, 2.75) is 26.7 Å². The van der Waals surface area contributed by atoms with Crippen LogP contribution in [0.4, 0.5) is 5.69 Å². The summed E-state index contributed by atoms with van der Waals surface area (Å²) < 4.78 is 0. The van der Waals surface area contributed by atoms with Gasteiger partial charge in [-0.3, -0.25) is 14.4 Å². The van der Waals surface area contributed by atoms with Crippen molar-refractivity contribution in [2.24, 2.45) is 11.3 Å². The molecule has 2 aromatic rings. The Morgan fingerprint density at radius 2 is 1.59 bits per heavy atom. The van der Waals surface area contributed by atoms with E-state index in [0.29, 0.717) is 49.3 Å². The average Bonchev–Trinajstić information content (AvgIpc) is 2.82. The predicted molar refractivity (Wildman–Crippen MR) is 135 cm³/mol. The van der Waals surface area contributed by atoms with Crippen LogP contribution in [0, 0.1) is 11.3 Å². The van der Waals surface area contributed by atoms with E-state index in [1.165, 1.54) is 0 Å². The fourth-order valence-corrected chi connectivity index (χ4v) is 4.46. The minimum Gasteiger partial charge on any atom is -0.355 e. The van der Waals surface area contributed by atoms with Crippen LogP contribution in [0.15, 0.2) is 54.6 Å². The number of hydrogen-bond donors (Lipinski definition) is 2. The van der Waals surface area contributed by atoms with Crippen LogP contribution in [0.2, 0.25) is 0 Å². The Kier molecular flexibility index (Phi) is 8.45. The van der Waals surface area contributed by atoms with Crippen LogP contribution in [0.25, 0.3) is 0 Å². The van der Waals surface area contributed by atoms with Crippen molar-refractivity contribution in [1.82, 2.24) is 15.1 Å². The van der Waals surface area contributed by atoms with E-state index in [-0.39, 0.29) is 29.1 Å². The van der Waals surface area contributed by atoms with Gasteiger partial charge in [0.25, 0.3) is 11.8 Å². The summed E-state index contributed by atoms with van der Waals surface area (Å²) in [6, 6.07) is 16.0. The van der Waals surface area contributed by atoms with Gasteiger partial charge in [0.1, 0.15) is 0 Å².